The number of ether oxygens (including phenoxy) is 1. The number of nitrogen functional groups attached to an aromatic ring is 1. The first kappa shape index (κ1) is 21.0. The predicted octanol–water partition coefficient (Wildman–Crippen LogP) is 2.62. The third-order valence-electron chi connectivity index (χ3n) is 4.49. The number of imide groups is 1. The first-order valence-electron chi connectivity index (χ1n) is 9.71. The molecule has 0 aliphatic carbocycles. The van der Waals surface area contributed by atoms with E-state index in [1.807, 2.05) is 0 Å². The molecule has 0 aliphatic rings. The summed E-state index contributed by atoms with van der Waals surface area (Å²) in [6, 6.07) is 6.94. The molecule has 0 saturated carbocycles. The summed E-state index contributed by atoms with van der Waals surface area (Å²) in [4.78, 5) is 47.2. The molecule has 0 fully saturated rings. The van der Waals surface area contributed by atoms with Gasteiger partial charge in [-0.15, -0.1) is 4.68 Å². The summed E-state index contributed by atoms with van der Waals surface area (Å²) in [5.41, 5.74) is 7.45. The Morgan fingerprint density at radius 3 is 2.59 bits per heavy atom. The quantitative estimate of drug-likeness (QED) is 0.433. The fraction of sp³-hybridized carbons (Fsp3) is 0.238. The standard InChI is InChI=1S/C21H21N7O4/c1-10(29)25-19(30)14-7-11-5-6-12(8-13(11)26-14)16-15-17(22)23-9-24-18(15)28(27-16)20(31)32-21(2,3)4/h5-9,26H,1-4H3,(H2,22,23,24)(H,25,29,30). The maximum atomic E-state index is 12.7. The molecule has 3 aromatic heterocycles. The van der Waals surface area contributed by atoms with Crippen LogP contribution in [-0.2, 0) is 9.53 Å². The normalized spacial score (nSPS) is 11.6. The second-order valence-electron chi connectivity index (χ2n) is 8.19. The molecular weight excluding hydrogens is 414 g/mol. The van der Waals surface area contributed by atoms with E-state index in [9.17, 15) is 14.4 Å². The summed E-state index contributed by atoms with van der Waals surface area (Å²) in [6.45, 7) is 6.51. The Bertz CT molecular complexity index is 1390. The molecule has 11 heteroatoms. The second kappa shape index (κ2) is 7.45. The molecule has 4 rings (SSSR count). The Kier molecular flexibility index (Phi) is 4.88. The van der Waals surface area contributed by atoms with Crippen LogP contribution >= 0.6 is 0 Å². The number of anilines is 1. The van der Waals surface area contributed by atoms with E-state index in [0.717, 1.165) is 10.1 Å². The number of fused-ring (bicyclic) bond motifs is 2. The number of nitrogens with zero attached hydrogens (tertiary/aromatic N) is 4. The molecule has 0 spiro atoms. The van der Waals surface area contributed by atoms with Gasteiger partial charge in [0.2, 0.25) is 5.91 Å². The number of nitrogens with one attached hydrogen (secondary N) is 2. The number of carbonyl (C=O) groups excluding carboxylic acids is 3. The summed E-state index contributed by atoms with van der Waals surface area (Å²) >= 11 is 0. The van der Waals surface area contributed by atoms with Gasteiger partial charge in [-0.1, -0.05) is 12.1 Å². The minimum absolute atomic E-state index is 0.160. The van der Waals surface area contributed by atoms with Crippen molar-refractivity contribution in [2.45, 2.75) is 33.3 Å². The lowest BCUT2D eigenvalue weighted by Gasteiger charge is -2.18. The average molecular weight is 435 g/mol. The number of carbonyl (C=O) groups is 3. The van der Waals surface area contributed by atoms with Crippen LogP contribution in [0.4, 0.5) is 10.6 Å². The number of benzene rings is 1. The minimum atomic E-state index is -0.728. The lowest BCUT2D eigenvalue weighted by molar-refractivity contribution is -0.118. The van der Waals surface area contributed by atoms with Crippen molar-refractivity contribution in [3.8, 4) is 11.3 Å². The van der Waals surface area contributed by atoms with E-state index in [0.29, 0.717) is 22.2 Å². The van der Waals surface area contributed by atoms with Gasteiger partial charge in [0, 0.05) is 23.4 Å². The predicted molar refractivity (Wildman–Crippen MR) is 117 cm³/mol. The smallest absolute Gasteiger partial charge is 0.437 e. The van der Waals surface area contributed by atoms with Gasteiger partial charge >= 0.3 is 6.09 Å². The van der Waals surface area contributed by atoms with Crippen molar-refractivity contribution >= 4 is 45.7 Å². The number of hydrogen-bond acceptors (Lipinski definition) is 8. The number of aromatic nitrogens is 5. The van der Waals surface area contributed by atoms with E-state index < -0.39 is 23.5 Å². The molecule has 4 aromatic rings. The third kappa shape index (κ3) is 3.87. The number of H-pyrrole nitrogens is 1. The van der Waals surface area contributed by atoms with Crippen LogP contribution in [0.25, 0.3) is 33.2 Å². The van der Waals surface area contributed by atoms with E-state index in [1.165, 1.54) is 13.3 Å². The Labute approximate surface area is 182 Å². The van der Waals surface area contributed by atoms with Gasteiger partial charge in [0.15, 0.2) is 5.65 Å². The van der Waals surface area contributed by atoms with Crippen molar-refractivity contribution in [3.63, 3.8) is 0 Å². The van der Waals surface area contributed by atoms with E-state index in [4.69, 9.17) is 10.5 Å². The lowest BCUT2D eigenvalue weighted by atomic mass is 10.1. The Hall–Kier alpha value is -4.28. The van der Waals surface area contributed by atoms with Crippen LogP contribution < -0.4 is 11.1 Å². The SMILES string of the molecule is CC(=O)NC(=O)c1cc2ccc(-c3nn(C(=O)OC(C)(C)C)c4ncnc(N)c34)cc2[nH]1. The van der Waals surface area contributed by atoms with Crippen LogP contribution in [0.1, 0.15) is 38.2 Å². The van der Waals surface area contributed by atoms with Gasteiger partial charge in [0.05, 0.1) is 5.39 Å². The van der Waals surface area contributed by atoms with Crippen LogP contribution in [-0.4, -0.2) is 48.2 Å². The molecule has 2 amide bonds. The fourth-order valence-electron chi connectivity index (χ4n) is 3.23. The highest BCUT2D eigenvalue weighted by Gasteiger charge is 2.25. The van der Waals surface area contributed by atoms with Gasteiger partial charge in [-0.2, -0.15) is 5.10 Å². The van der Waals surface area contributed by atoms with Gasteiger partial charge in [0.1, 0.15) is 29.1 Å². The summed E-state index contributed by atoms with van der Waals surface area (Å²) in [7, 11) is 0. The first-order chi connectivity index (χ1) is 15.0. The number of aromatic amines is 1. The maximum absolute atomic E-state index is 12.7. The summed E-state index contributed by atoms with van der Waals surface area (Å²) < 4.78 is 6.49. The monoisotopic (exact) mass is 435 g/mol. The van der Waals surface area contributed by atoms with Gasteiger partial charge in [0.25, 0.3) is 5.91 Å². The molecule has 0 unspecified atom stereocenters. The van der Waals surface area contributed by atoms with Gasteiger partial charge in [-0.05, 0) is 32.9 Å². The number of amides is 2. The molecule has 1 aromatic carbocycles. The molecule has 0 radical (unpaired) electrons. The Balaban J connectivity index is 1.83. The van der Waals surface area contributed by atoms with Crippen molar-refractivity contribution in [2.24, 2.45) is 0 Å². The minimum Gasteiger partial charge on any atom is -0.442 e. The molecular formula is C21H21N7O4. The fourth-order valence-corrected chi connectivity index (χ4v) is 3.23. The van der Waals surface area contributed by atoms with Crippen molar-refractivity contribution in [3.05, 3.63) is 36.3 Å². The van der Waals surface area contributed by atoms with Gasteiger partial charge in [-0.25, -0.2) is 14.8 Å². The van der Waals surface area contributed by atoms with Crippen LogP contribution in [0.2, 0.25) is 0 Å². The molecule has 11 nitrogen and oxygen atoms in total. The summed E-state index contributed by atoms with van der Waals surface area (Å²) in [6.07, 6.45) is 0.550. The van der Waals surface area contributed by atoms with E-state index in [2.05, 4.69) is 25.4 Å². The molecule has 32 heavy (non-hydrogen) atoms. The zero-order valence-electron chi connectivity index (χ0n) is 17.9. The summed E-state index contributed by atoms with van der Waals surface area (Å²) in [5.74, 6) is -0.829. The molecule has 0 saturated heterocycles. The average Bonchev–Trinajstić information content (AvgIpc) is 3.28. The highest BCUT2D eigenvalue weighted by molar-refractivity contribution is 6.06. The number of nitrogens with two attached hydrogens (primary N) is 1. The molecule has 0 aliphatic heterocycles. The van der Waals surface area contributed by atoms with Crippen LogP contribution in [0, 0.1) is 0 Å². The maximum Gasteiger partial charge on any atom is 0.437 e. The molecule has 4 N–H and O–H groups in total. The number of hydrogen-bond donors (Lipinski definition) is 3. The van der Waals surface area contributed by atoms with Gasteiger partial charge in [-0.3, -0.25) is 14.9 Å². The molecule has 0 atom stereocenters. The third-order valence-corrected chi connectivity index (χ3v) is 4.49. The first-order valence-corrected chi connectivity index (χ1v) is 9.71. The van der Waals surface area contributed by atoms with Crippen molar-refractivity contribution in [1.29, 1.82) is 0 Å². The zero-order valence-corrected chi connectivity index (χ0v) is 17.9. The topological polar surface area (TPSA) is 158 Å². The lowest BCUT2D eigenvalue weighted by Crippen LogP contribution is -2.28. The van der Waals surface area contributed by atoms with Crippen LogP contribution in [0.5, 0.6) is 0 Å². The van der Waals surface area contributed by atoms with Crippen LogP contribution in [0.3, 0.4) is 0 Å². The van der Waals surface area contributed by atoms with Crippen LogP contribution in [0.15, 0.2) is 30.6 Å². The second-order valence-corrected chi connectivity index (χ2v) is 8.19. The van der Waals surface area contributed by atoms with E-state index in [1.54, 1.807) is 45.0 Å². The zero-order chi connectivity index (χ0) is 23.2. The van der Waals surface area contributed by atoms with Crippen molar-refractivity contribution in [2.75, 3.05) is 5.73 Å². The molecule has 164 valence electrons. The van der Waals surface area contributed by atoms with Crippen molar-refractivity contribution in [1.82, 2.24) is 30.0 Å². The van der Waals surface area contributed by atoms with Crippen molar-refractivity contribution < 1.29 is 19.1 Å². The highest BCUT2D eigenvalue weighted by atomic mass is 16.6. The Morgan fingerprint density at radius 1 is 1.16 bits per heavy atom. The number of rotatable bonds is 2. The molecule has 0 bridgehead atoms. The van der Waals surface area contributed by atoms with Gasteiger partial charge < -0.3 is 15.5 Å². The summed E-state index contributed by atoms with van der Waals surface area (Å²) in [5, 5.41) is 7.79. The molecule has 3 heterocycles. The largest absolute Gasteiger partial charge is 0.442 e. The highest BCUT2D eigenvalue weighted by Crippen LogP contribution is 2.32. The van der Waals surface area contributed by atoms with E-state index in [-0.39, 0.29) is 17.2 Å². The Morgan fingerprint density at radius 2 is 1.91 bits per heavy atom. The van der Waals surface area contributed by atoms with E-state index >= 15 is 0 Å².